The van der Waals surface area contributed by atoms with Crippen LogP contribution in [-0.2, 0) is 6.54 Å². The third kappa shape index (κ3) is 4.36. The molecule has 2 aromatic heterocycles. The van der Waals surface area contributed by atoms with Gasteiger partial charge in [0, 0.05) is 38.2 Å². The summed E-state index contributed by atoms with van der Waals surface area (Å²) in [6.07, 6.45) is 1.43. The summed E-state index contributed by atoms with van der Waals surface area (Å²) in [6.45, 7) is 11.2. The van der Waals surface area contributed by atoms with Crippen molar-refractivity contribution in [2.24, 2.45) is 0 Å². The third-order valence-corrected chi connectivity index (χ3v) is 6.53. The zero-order valence-corrected chi connectivity index (χ0v) is 20.5. The Kier molecular flexibility index (Phi) is 6.59. The minimum Gasteiger partial charge on any atom is -0.490 e. The van der Waals surface area contributed by atoms with Crippen LogP contribution in [0.3, 0.4) is 0 Å². The number of aromatic nitrogens is 3. The van der Waals surface area contributed by atoms with E-state index in [0.29, 0.717) is 43.7 Å². The zero-order valence-electron chi connectivity index (χ0n) is 20.5. The molecule has 34 heavy (non-hydrogen) atoms. The second-order valence-electron chi connectivity index (χ2n) is 9.28. The van der Waals surface area contributed by atoms with Gasteiger partial charge in [-0.2, -0.15) is 0 Å². The van der Waals surface area contributed by atoms with E-state index in [4.69, 9.17) is 4.74 Å². The molecule has 3 aromatic rings. The Morgan fingerprint density at radius 2 is 1.82 bits per heavy atom. The number of hydrogen-bond donors (Lipinski definition) is 1. The highest BCUT2D eigenvalue weighted by atomic mass is 16.5. The van der Waals surface area contributed by atoms with Crippen LogP contribution in [0.2, 0.25) is 0 Å². The summed E-state index contributed by atoms with van der Waals surface area (Å²) in [6, 6.07) is 7.79. The molecule has 0 radical (unpaired) electrons. The van der Waals surface area contributed by atoms with Crippen LogP contribution in [0.15, 0.2) is 33.9 Å². The van der Waals surface area contributed by atoms with Gasteiger partial charge in [0.15, 0.2) is 5.65 Å². The molecule has 3 heterocycles. The number of para-hydroxylation sites is 1. The first kappa shape index (κ1) is 23.7. The maximum atomic E-state index is 13.6. The number of piperidine rings is 1. The number of benzene rings is 1. The first-order valence-electron chi connectivity index (χ1n) is 11.9. The standard InChI is InChI=1S/C26H32N4O4/c1-6-30-23-21(24(31)28-26(30)33)19(14-20(27-23)15(2)3)25(32)29-12-10-18(11-13-29)34-22-16(4)8-7-9-17(22)5/h7-9,14-15,18H,6,10-13H2,1-5H3,(H,28,31,33). The van der Waals surface area contributed by atoms with Gasteiger partial charge in [-0.05, 0) is 43.9 Å². The molecule has 1 fully saturated rings. The first-order valence-corrected chi connectivity index (χ1v) is 11.9. The van der Waals surface area contributed by atoms with E-state index in [9.17, 15) is 14.4 Å². The number of nitrogens with zero attached hydrogens (tertiary/aromatic N) is 3. The van der Waals surface area contributed by atoms with Crippen molar-refractivity contribution in [1.82, 2.24) is 19.4 Å². The molecular weight excluding hydrogens is 432 g/mol. The van der Waals surface area contributed by atoms with Crippen LogP contribution in [0.25, 0.3) is 11.0 Å². The van der Waals surface area contributed by atoms with Crippen LogP contribution in [0.5, 0.6) is 5.75 Å². The molecule has 1 aliphatic heterocycles. The highest BCUT2D eigenvalue weighted by Gasteiger charge is 2.28. The highest BCUT2D eigenvalue weighted by Crippen LogP contribution is 2.27. The molecule has 1 aliphatic rings. The largest absolute Gasteiger partial charge is 0.490 e. The predicted octanol–water partition coefficient (Wildman–Crippen LogP) is 3.53. The highest BCUT2D eigenvalue weighted by molar-refractivity contribution is 6.05. The lowest BCUT2D eigenvalue weighted by Gasteiger charge is -2.33. The van der Waals surface area contributed by atoms with Crippen molar-refractivity contribution >= 4 is 16.9 Å². The van der Waals surface area contributed by atoms with Gasteiger partial charge in [-0.3, -0.25) is 19.1 Å². The molecule has 0 saturated carbocycles. The molecule has 1 saturated heterocycles. The number of H-pyrrole nitrogens is 1. The summed E-state index contributed by atoms with van der Waals surface area (Å²) in [5.74, 6) is 0.733. The van der Waals surface area contributed by atoms with Crippen molar-refractivity contribution in [2.45, 2.75) is 66.0 Å². The molecule has 8 nitrogen and oxygen atoms in total. The molecule has 0 bridgehead atoms. The summed E-state index contributed by atoms with van der Waals surface area (Å²) < 4.78 is 7.70. The zero-order chi connectivity index (χ0) is 24.6. The number of ether oxygens (including phenoxy) is 1. The number of nitrogens with one attached hydrogen (secondary N) is 1. The SMILES string of the molecule is CCn1c(=O)[nH]c(=O)c2c(C(=O)N3CCC(Oc4c(C)cccc4C)CC3)cc(C(C)C)nc21. The number of likely N-dealkylation sites (tertiary alicyclic amines) is 1. The van der Waals surface area contributed by atoms with E-state index in [2.05, 4.69) is 9.97 Å². The number of aryl methyl sites for hydroxylation is 3. The molecule has 1 aromatic carbocycles. The minimum absolute atomic E-state index is 0.0259. The first-order chi connectivity index (χ1) is 16.2. The Bertz CT molecular complexity index is 1330. The van der Waals surface area contributed by atoms with Crippen molar-refractivity contribution in [1.29, 1.82) is 0 Å². The van der Waals surface area contributed by atoms with Crippen molar-refractivity contribution < 1.29 is 9.53 Å². The second kappa shape index (κ2) is 9.44. The Hall–Kier alpha value is -3.42. The molecule has 4 rings (SSSR count). The monoisotopic (exact) mass is 464 g/mol. The molecule has 0 spiro atoms. The summed E-state index contributed by atoms with van der Waals surface area (Å²) in [5, 5.41) is 0.171. The van der Waals surface area contributed by atoms with E-state index in [1.54, 1.807) is 11.0 Å². The van der Waals surface area contributed by atoms with Gasteiger partial charge >= 0.3 is 5.69 Å². The Balaban J connectivity index is 1.64. The molecule has 0 atom stereocenters. The van der Waals surface area contributed by atoms with Gasteiger partial charge in [-0.25, -0.2) is 9.78 Å². The Morgan fingerprint density at radius 3 is 2.41 bits per heavy atom. The van der Waals surface area contributed by atoms with E-state index in [0.717, 1.165) is 16.9 Å². The molecule has 1 N–H and O–H groups in total. The van der Waals surface area contributed by atoms with Gasteiger partial charge in [-0.15, -0.1) is 0 Å². The molecule has 0 unspecified atom stereocenters. The van der Waals surface area contributed by atoms with Gasteiger partial charge in [0.25, 0.3) is 11.5 Å². The van der Waals surface area contributed by atoms with Crippen LogP contribution in [0.4, 0.5) is 0 Å². The molecule has 0 aliphatic carbocycles. The number of carbonyl (C=O) groups excluding carboxylic acids is 1. The van der Waals surface area contributed by atoms with Crippen molar-refractivity contribution in [2.75, 3.05) is 13.1 Å². The Labute approximate surface area is 198 Å². The van der Waals surface area contributed by atoms with Crippen LogP contribution >= 0.6 is 0 Å². The fourth-order valence-electron chi connectivity index (χ4n) is 4.55. The van der Waals surface area contributed by atoms with Crippen LogP contribution in [0, 0.1) is 13.8 Å². The lowest BCUT2D eigenvalue weighted by molar-refractivity contribution is 0.0594. The van der Waals surface area contributed by atoms with E-state index < -0.39 is 11.2 Å². The molecule has 8 heteroatoms. The van der Waals surface area contributed by atoms with Crippen molar-refractivity contribution in [3.05, 3.63) is 67.5 Å². The van der Waals surface area contributed by atoms with Gasteiger partial charge in [0.05, 0.1) is 10.9 Å². The number of hydrogen-bond acceptors (Lipinski definition) is 5. The van der Waals surface area contributed by atoms with Gasteiger partial charge < -0.3 is 9.64 Å². The van der Waals surface area contributed by atoms with Crippen molar-refractivity contribution in [3.63, 3.8) is 0 Å². The predicted molar refractivity (Wildman–Crippen MR) is 132 cm³/mol. The van der Waals surface area contributed by atoms with Gasteiger partial charge in [0.2, 0.25) is 0 Å². The average molecular weight is 465 g/mol. The van der Waals surface area contributed by atoms with Gasteiger partial charge in [-0.1, -0.05) is 32.0 Å². The van der Waals surface area contributed by atoms with Crippen LogP contribution in [-0.4, -0.2) is 44.5 Å². The maximum absolute atomic E-state index is 13.6. The number of amides is 1. The average Bonchev–Trinajstić information content (AvgIpc) is 2.81. The maximum Gasteiger partial charge on any atom is 0.329 e. The second-order valence-corrected chi connectivity index (χ2v) is 9.28. The Morgan fingerprint density at radius 1 is 1.18 bits per heavy atom. The molecular formula is C26H32N4O4. The van der Waals surface area contributed by atoms with Crippen LogP contribution < -0.4 is 16.0 Å². The van der Waals surface area contributed by atoms with E-state index in [-0.39, 0.29) is 29.0 Å². The number of fused-ring (bicyclic) bond motifs is 1. The fourth-order valence-corrected chi connectivity index (χ4v) is 4.55. The normalized spacial score (nSPS) is 14.7. The fraction of sp³-hybridized carbons (Fsp3) is 0.462. The quantitative estimate of drug-likeness (QED) is 0.623. The van der Waals surface area contributed by atoms with E-state index in [1.165, 1.54) is 4.57 Å². The van der Waals surface area contributed by atoms with E-state index in [1.807, 2.05) is 52.8 Å². The summed E-state index contributed by atoms with van der Waals surface area (Å²) >= 11 is 0. The van der Waals surface area contributed by atoms with Crippen molar-refractivity contribution in [3.8, 4) is 5.75 Å². The lowest BCUT2D eigenvalue weighted by atomic mass is 10.0. The number of rotatable bonds is 5. The minimum atomic E-state index is -0.580. The van der Waals surface area contributed by atoms with E-state index >= 15 is 0 Å². The van der Waals surface area contributed by atoms with Crippen LogP contribution in [0.1, 0.15) is 66.7 Å². The summed E-state index contributed by atoms with van der Waals surface area (Å²) in [5.41, 5.74) is 2.34. The summed E-state index contributed by atoms with van der Waals surface area (Å²) in [7, 11) is 0. The number of carbonyl (C=O) groups is 1. The lowest BCUT2D eigenvalue weighted by Crippen LogP contribution is -2.42. The molecule has 1 amide bonds. The molecule has 180 valence electrons. The summed E-state index contributed by atoms with van der Waals surface area (Å²) in [4.78, 5) is 47.4. The topological polar surface area (TPSA) is 97.3 Å². The number of pyridine rings is 1. The third-order valence-electron chi connectivity index (χ3n) is 6.53. The number of aromatic amines is 1. The smallest absolute Gasteiger partial charge is 0.329 e. The van der Waals surface area contributed by atoms with Gasteiger partial charge in [0.1, 0.15) is 11.9 Å².